The van der Waals surface area contributed by atoms with Gasteiger partial charge in [0.05, 0.1) is 6.07 Å². The minimum absolute atomic E-state index is 0.507. The van der Waals surface area contributed by atoms with Gasteiger partial charge in [-0.3, -0.25) is 4.90 Å². The van der Waals surface area contributed by atoms with Crippen LogP contribution in [0.15, 0.2) is 18.2 Å². The van der Waals surface area contributed by atoms with Gasteiger partial charge in [-0.05, 0) is 17.7 Å². The lowest BCUT2D eigenvalue weighted by atomic mass is 10.1. The number of piperazine rings is 1. The summed E-state index contributed by atoms with van der Waals surface area (Å²) in [5.74, 6) is -1.79. The monoisotopic (exact) mass is 237 g/mol. The molecule has 1 fully saturated rings. The Morgan fingerprint density at radius 2 is 1.94 bits per heavy atom. The molecule has 0 amide bonds. The van der Waals surface area contributed by atoms with Crippen LogP contribution in [0.25, 0.3) is 0 Å². The molecule has 0 bridgehead atoms. The Bertz CT molecular complexity index is 436. The zero-order chi connectivity index (χ0) is 12.3. The van der Waals surface area contributed by atoms with Gasteiger partial charge in [-0.1, -0.05) is 6.07 Å². The lowest BCUT2D eigenvalue weighted by Crippen LogP contribution is -2.44. The third kappa shape index (κ3) is 2.60. The highest BCUT2D eigenvalue weighted by Gasteiger charge is 2.22. The van der Waals surface area contributed by atoms with Crippen molar-refractivity contribution in [3.05, 3.63) is 35.4 Å². The number of hydrogen-bond acceptors (Lipinski definition) is 3. The fourth-order valence-electron chi connectivity index (χ4n) is 1.99. The fraction of sp³-hybridized carbons (Fsp3) is 0.417. The summed E-state index contributed by atoms with van der Waals surface area (Å²) < 4.78 is 26.0. The van der Waals surface area contributed by atoms with E-state index < -0.39 is 17.7 Å². The van der Waals surface area contributed by atoms with E-state index in [-0.39, 0.29) is 0 Å². The predicted octanol–water partition coefficient (Wildman–Crippen LogP) is 1.43. The highest BCUT2D eigenvalue weighted by molar-refractivity contribution is 5.26. The maximum Gasteiger partial charge on any atom is 0.159 e. The Morgan fingerprint density at radius 1 is 1.24 bits per heavy atom. The van der Waals surface area contributed by atoms with Crippen LogP contribution in [0.1, 0.15) is 11.6 Å². The van der Waals surface area contributed by atoms with Crippen molar-refractivity contribution in [1.82, 2.24) is 10.2 Å². The molecule has 1 heterocycles. The molecule has 0 aliphatic carbocycles. The van der Waals surface area contributed by atoms with Crippen LogP contribution in [0.2, 0.25) is 0 Å². The van der Waals surface area contributed by atoms with Gasteiger partial charge in [0.15, 0.2) is 11.6 Å². The Kier molecular flexibility index (Phi) is 3.67. The molecule has 1 atom stereocenters. The summed E-state index contributed by atoms with van der Waals surface area (Å²) >= 11 is 0. The van der Waals surface area contributed by atoms with E-state index >= 15 is 0 Å². The van der Waals surface area contributed by atoms with E-state index in [2.05, 4.69) is 11.4 Å². The van der Waals surface area contributed by atoms with E-state index in [0.29, 0.717) is 5.56 Å². The normalized spacial score (nSPS) is 18.6. The smallest absolute Gasteiger partial charge is 0.159 e. The Morgan fingerprint density at radius 3 is 2.53 bits per heavy atom. The number of benzene rings is 1. The minimum Gasteiger partial charge on any atom is -0.314 e. The molecule has 17 heavy (non-hydrogen) atoms. The van der Waals surface area contributed by atoms with Gasteiger partial charge in [-0.25, -0.2) is 8.78 Å². The molecule has 0 aromatic heterocycles. The van der Waals surface area contributed by atoms with Crippen molar-refractivity contribution in [1.29, 1.82) is 5.26 Å². The molecule has 1 aliphatic heterocycles. The first-order valence-corrected chi connectivity index (χ1v) is 5.51. The topological polar surface area (TPSA) is 39.1 Å². The van der Waals surface area contributed by atoms with Crippen LogP contribution in [0.5, 0.6) is 0 Å². The first-order valence-electron chi connectivity index (χ1n) is 5.51. The number of hydrogen-bond donors (Lipinski definition) is 1. The van der Waals surface area contributed by atoms with Crippen molar-refractivity contribution in [3.63, 3.8) is 0 Å². The quantitative estimate of drug-likeness (QED) is 0.845. The van der Waals surface area contributed by atoms with Crippen LogP contribution in [0, 0.1) is 23.0 Å². The van der Waals surface area contributed by atoms with Crippen molar-refractivity contribution in [2.75, 3.05) is 26.2 Å². The maximum absolute atomic E-state index is 13.1. The van der Waals surface area contributed by atoms with Crippen LogP contribution in [-0.2, 0) is 0 Å². The molecule has 5 heteroatoms. The Balaban J connectivity index is 2.22. The third-order valence-corrected chi connectivity index (χ3v) is 2.90. The summed E-state index contributed by atoms with van der Waals surface area (Å²) in [6, 6.07) is 5.27. The SMILES string of the molecule is N#CC(c1ccc(F)c(F)c1)N1CCNCC1. The van der Waals surface area contributed by atoms with Crippen LogP contribution in [0.3, 0.4) is 0 Å². The maximum atomic E-state index is 13.1. The lowest BCUT2D eigenvalue weighted by Gasteiger charge is -2.31. The van der Waals surface area contributed by atoms with Gasteiger partial charge in [0.1, 0.15) is 6.04 Å². The van der Waals surface area contributed by atoms with E-state index in [1.807, 2.05) is 4.90 Å². The standard InChI is InChI=1S/C12H13F2N3/c13-10-2-1-9(7-11(10)14)12(8-15)17-5-3-16-4-6-17/h1-2,7,12,16H,3-6H2. The highest BCUT2D eigenvalue weighted by atomic mass is 19.2. The minimum atomic E-state index is -0.905. The van der Waals surface area contributed by atoms with Crippen molar-refractivity contribution in [2.45, 2.75) is 6.04 Å². The van der Waals surface area contributed by atoms with Crippen molar-refractivity contribution in [2.24, 2.45) is 0 Å². The van der Waals surface area contributed by atoms with E-state index in [0.717, 1.165) is 38.3 Å². The second-order valence-corrected chi connectivity index (χ2v) is 3.99. The van der Waals surface area contributed by atoms with Gasteiger partial charge >= 0.3 is 0 Å². The van der Waals surface area contributed by atoms with E-state index in [1.54, 1.807) is 0 Å². The number of nitrogens with one attached hydrogen (secondary N) is 1. The second-order valence-electron chi connectivity index (χ2n) is 3.99. The molecule has 1 aliphatic rings. The number of nitrogens with zero attached hydrogens (tertiary/aromatic N) is 2. The predicted molar refractivity (Wildman–Crippen MR) is 59.2 cm³/mol. The van der Waals surface area contributed by atoms with Crippen molar-refractivity contribution in [3.8, 4) is 6.07 Å². The van der Waals surface area contributed by atoms with Crippen LogP contribution in [-0.4, -0.2) is 31.1 Å². The number of halogens is 2. The molecule has 1 unspecified atom stereocenters. The summed E-state index contributed by atoms with van der Waals surface area (Å²) in [4.78, 5) is 1.96. The van der Waals surface area contributed by atoms with Gasteiger partial charge in [-0.2, -0.15) is 5.26 Å². The largest absolute Gasteiger partial charge is 0.314 e. The first kappa shape index (κ1) is 12.0. The summed E-state index contributed by atoms with van der Waals surface area (Å²) in [5, 5.41) is 12.3. The summed E-state index contributed by atoms with van der Waals surface area (Å²) in [6.45, 7) is 3.08. The van der Waals surface area contributed by atoms with Crippen LogP contribution in [0.4, 0.5) is 8.78 Å². The fourth-order valence-corrected chi connectivity index (χ4v) is 1.99. The summed E-state index contributed by atoms with van der Waals surface area (Å²) in [6.07, 6.45) is 0. The van der Waals surface area contributed by atoms with E-state index in [4.69, 9.17) is 5.26 Å². The molecule has 3 nitrogen and oxygen atoms in total. The molecule has 1 aromatic carbocycles. The van der Waals surface area contributed by atoms with Gasteiger partial charge in [0, 0.05) is 26.2 Å². The van der Waals surface area contributed by atoms with E-state index in [1.165, 1.54) is 6.07 Å². The third-order valence-electron chi connectivity index (χ3n) is 2.90. The number of rotatable bonds is 2. The molecule has 0 spiro atoms. The van der Waals surface area contributed by atoms with Crippen LogP contribution < -0.4 is 5.32 Å². The zero-order valence-electron chi connectivity index (χ0n) is 9.29. The lowest BCUT2D eigenvalue weighted by molar-refractivity contribution is 0.207. The van der Waals surface area contributed by atoms with Gasteiger partial charge in [0.25, 0.3) is 0 Å². The molecule has 0 radical (unpaired) electrons. The van der Waals surface area contributed by atoms with Crippen molar-refractivity contribution < 1.29 is 8.78 Å². The average molecular weight is 237 g/mol. The Labute approximate surface area is 98.6 Å². The van der Waals surface area contributed by atoms with Gasteiger partial charge < -0.3 is 5.32 Å². The zero-order valence-corrected chi connectivity index (χ0v) is 9.29. The highest BCUT2D eigenvalue weighted by Crippen LogP contribution is 2.22. The van der Waals surface area contributed by atoms with Crippen molar-refractivity contribution >= 4 is 0 Å². The molecule has 1 aromatic rings. The molecule has 2 rings (SSSR count). The average Bonchev–Trinajstić information content (AvgIpc) is 2.36. The van der Waals surface area contributed by atoms with Crippen LogP contribution >= 0.6 is 0 Å². The molecule has 1 N–H and O–H groups in total. The second kappa shape index (κ2) is 5.21. The van der Waals surface area contributed by atoms with Gasteiger partial charge in [-0.15, -0.1) is 0 Å². The molecule has 0 saturated carbocycles. The molecular weight excluding hydrogens is 224 g/mol. The molecule has 90 valence electrons. The van der Waals surface area contributed by atoms with E-state index in [9.17, 15) is 8.78 Å². The molecule has 1 saturated heterocycles. The van der Waals surface area contributed by atoms with Gasteiger partial charge in [0.2, 0.25) is 0 Å². The summed E-state index contributed by atoms with van der Waals surface area (Å²) in [7, 11) is 0. The number of nitriles is 1. The Hall–Kier alpha value is -1.51. The first-order chi connectivity index (χ1) is 8.22. The summed E-state index contributed by atoms with van der Waals surface area (Å²) in [5.41, 5.74) is 0.508. The molecular formula is C12H13F2N3.